The third-order valence-corrected chi connectivity index (χ3v) is 3.84. The second-order valence-electron chi connectivity index (χ2n) is 5.23. The second kappa shape index (κ2) is 6.04. The highest BCUT2D eigenvalue weighted by Crippen LogP contribution is 2.27. The third-order valence-electron chi connectivity index (χ3n) is 3.84. The fraction of sp³-hybridized carbons (Fsp3) is 0.600. The highest BCUT2D eigenvalue weighted by molar-refractivity contribution is 5.79. The number of carbonyl (C=O) groups excluding carboxylic acids is 1. The van der Waals surface area contributed by atoms with Crippen LogP contribution >= 0.6 is 0 Å². The van der Waals surface area contributed by atoms with E-state index < -0.39 is 0 Å². The molecule has 0 aliphatic carbocycles. The largest absolute Gasteiger partial charge is 0.496 e. The van der Waals surface area contributed by atoms with Crippen LogP contribution in [0, 0.1) is 19.8 Å². The molecule has 1 saturated heterocycles. The number of pyridine rings is 1. The number of amides is 1. The van der Waals surface area contributed by atoms with Crippen LogP contribution in [-0.2, 0) is 11.2 Å². The number of methoxy groups -OCH3 is 1. The fourth-order valence-corrected chi connectivity index (χ4v) is 2.71. The molecule has 4 nitrogen and oxygen atoms in total. The Balaban J connectivity index is 2.20. The first kappa shape index (κ1) is 13.8. The van der Waals surface area contributed by atoms with E-state index in [-0.39, 0.29) is 11.8 Å². The smallest absolute Gasteiger partial charge is 0.223 e. The maximum absolute atomic E-state index is 12.0. The van der Waals surface area contributed by atoms with Crippen molar-refractivity contribution >= 4 is 5.91 Å². The summed E-state index contributed by atoms with van der Waals surface area (Å²) in [6.45, 7) is 4.81. The minimum Gasteiger partial charge on any atom is -0.496 e. The van der Waals surface area contributed by atoms with Crippen LogP contribution in [0.25, 0.3) is 0 Å². The monoisotopic (exact) mass is 262 g/mol. The summed E-state index contributed by atoms with van der Waals surface area (Å²) in [6.07, 6.45) is 5.66. The van der Waals surface area contributed by atoms with Gasteiger partial charge in [-0.25, -0.2) is 0 Å². The predicted molar refractivity (Wildman–Crippen MR) is 74.3 cm³/mol. The van der Waals surface area contributed by atoms with Crippen molar-refractivity contribution in [2.75, 3.05) is 13.7 Å². The van der Waals surface area contributed by atoms with Crippen molar-refractivity contribution in [3.8, 4) is 5.75 Å². The van der Waals surface area contributed by atoms with Gasteiger partial charge in [0.1, 0.15) is 5.75 Å². The van der Waals surface area contributed by atoms with Crippen LogP contribution < -0.4 is 10.1 Å². The summed E-state index contributed by atoms with van der Waals surface area (Å²) in [7, 11) is 1.68. The molecule has 0 saturated carbocycles. The lowest BCUT2D eigenvalue weighted by atomic mass is 9.94. The minimum atomic E-state index is 0.0427. The van der Waals surface area contributed by atoms with Crippen LogP contribution in [0.4, 0.5) is 0 Å². The Morgan fingerprint density at radius 2 is 2.21 bits per heavy atom. The Bertz CT molecular complexity index is 471. The van der Waals surface area contributed by atoms with Crippen LogP contribution in [-0.4, -0.2) is 24.5 Å². The summed E-state index contributed by atoms with van der Waals surface area (Å²) in [5.74, 6) is 1.10. The van der Waals surface area contributed by atoms with Gasteiger partial charge in [-0.2, -0.15) is 0 Å². The second-order valence-corrected chi connectivity index (χ2v) is 5.23. The van der Waals surface area contributed by atoms with Crippen LogP contribution in [0.1, 0.15) is 36.1 Å². The Morgan fingerprint density at radius 3 is 2.95 bits per heavy atom. The van der Waals surface area contributed by atoms with Gasteiger partial charge in [0.25, 0.3) is 0 Å². The number of hydrogen-bond donors (Lipinski definition) is 1. The van der Waals surface area contributed by atoms with Crippen LogP contribution in [0.3, 0.4) is 0 Å². The normalized spacial score (nSPS) is 19.7. The van der Waals surface area contributed by atoms with Gasteiger partial charge in [-0.15, -0.1) is 0 Å². The number of ether oxygens (including phenoxy) is 1. The number of nitrogens with one attached hydrogen (secondary N) is 1. The van der Waals surface area contributed by atoms with Crippen molar-refractivity contribution in [2.45, 2.75) is 39.5 Å². The molecule has 104 valence electrons. The molecule has 1 aromatic rings. The van der Waals surface area contributed by atoms with E-state index in [1.54, 1.807) is 7.11 Å². The molecule has 1 N–H and O–H groups in total. The van der Waals surface area contributed by atoms with Gasteiger partial charge in [-0.1, -0.05) is 6.42 Å². The lowest BCUT2D eigenvalue weighted by molar-refractivity contribution is -0.124. The van der Waals surface area contributed by atoms with Crippen molar-refractivity contribution < 1.29 is 9.53 Å². The molecule has 1 aliphatic heterocycles. The van der Waals surface area contributed by atoms with Crippen LogP contribution in [0.15, 0.2) is 6.20 Å². The molecule has 0 radical (unpaired) electrons. The highest BCUT2D eigenvalue weighted by atomic mass is 16.5. The molecule has 0 spiro atoms. The summed E-state index contributed by atoms with van der Waals surface area (Å²) in [5.41, 5.74) is 3.07. The van der Waals surface area contributed by atoms with Crippen molar-refractivity contribution in [3.05, 3.63) is 23.0 Å². The van der Waals surface area contributed by atoms with E-state index in [0.29, 0.717) is 6.42 Å². The molecule has 4 heteroatoms. The van der Waals surface area contributed by atoms with Gasteiger partial charge in [0, 0.05) is 41.9 Å². The molecule has 1 atom stereocenters. The SMILES string of the molecule is COc1c(C)cnc(CC2CCCCNC2=O)c1C. The number of hydrogen-bond acceptors (Lipinski definition) is 3. The molecule has 1 aromatic heterocycles. The topological polar surface area (TPSA) is 51.2 Å². The average Bonchev–Trinajstić information content (AvgIpc) is 2.59. The molecule has 1 aliphatic rings. The van der Waals surface area contributed by atoms with Gasteiger partial charge in [0.05, 0.1) is 7.11 Å². The Kier molecular flexibility index (Phi) is 4.40. The zero-order valence-electron chi connectivity index (χ0n) is 12.0. The summed E-state index contributed by atoms with van der Waals surface area (Å²) in [4.78, 5) is 16.5. The summed E-state index contributed by atoms with van der Waals surface area (Å²) in [5, 5.41) is 2.98. The lowest BCUT2D eigenvalue weighted by Gasteiger charge is -2.16. The third kappa shape index (κ3) is 3.06. The van der Waals surface area contributed by atoms with Crippen molar-refractivity contribution in [2.24, 2.45) is 5.92 Å². The molecule has 1 unspecified atom stereocenters. The number of carbonyl (C=O) groups is 1. The predicted octanol–water partition coefficient (Wildman–Crippen LogP) is 2.17. The number of nitrogens with zero attached hydrogens (tertiary/aromatic N) is 1. The van der Waals surface area contributed by atoms with E-state index in [0.717, 1.165) is 48.4 Å². The number of aromatic nitrogens is 1. The fourth-order valence-electron chi connectivity index (χ4n) is 2.71. The lowest BCUT2D eigenvalue weighted by Crippen LogP contribution is -2.30. The quantitative estimate of drug-likeness (QED) is 0.908. The molecule has 2 heterocycles. The van der Waals surface area contributed by atoms with E-state index in [1.807, 2.05) is 20.0 Å². The number of aryl methyl sites for hydroxylation is 1. The Morgan fingerprint density at radius 1 is 1.42 bits per heavy atom. The molecule has 1 fully saturated rings. The maximum atomic E-state index is 12.0. The van der Waals surface area contributed by atoms with Gasteiger partial charge in [0.15, 0.2) is 0 Å². The average molecular weight is 262 g/mol. The standard InChI is InChI=1S/C15H22N2O2/c1-10-9-17-13(11(2)14(10)19-3)8-12-6-4-5-7-16-15(12)18/h9,12H,4-8H2,1-3H3,(H,16,18). The van der Waals surface area contributed by atoms with Gasteiger partial charge in [0.2, 0.25) is 5.91 Å². The van der Waals surface area contributed by atoms with Gasteiger partial charge in [-0.05, 0) is 26.7 Å². The molecule has 2 rings (SSSR count). The first-order chi connectivity index (χ1) is 9.13. The molecule has 0 bridgehead atoms. The Labute approximate surface area is 114 Å². The van der Waals surface area contributed by atoms with E-state index in [1.165, 1.54) is 0 Å². The van der Waals surface area contributed by atoms with Crippen LogP contribution in [0.2, 0.25) is 0 Å². The van der Waals surface area contributed by atoms with Crippen molar-refractivity contribution in [3.63, 3.8) is 0 Å². The molecule has 19 heavy (non-hydrogen) atoms. The van der Waals surface area contributed by atoms with Gasteiger partial charge < -0.3 is 10.1 Å². The molecular formula is C15H22N2O2. The van der Waals surface area contributed by atoms with E-state index in [2.05, 4.69) is 10.3 Å². The minimum absolute atomic E-state index is 0.0427. The zero-order valence-corrected chi connectivity index (χ0v) is 12.0. The number of rotatable bonds is 3. The van der Waals surface area contributed by atoms with E-state index in [4.69, 9.17) is 4.74 Å². The molecular weight excluding hydrogens is 240 g/mol. The van der Waals surface area contributed by atoms with Gasteiger partial charge in [-0.3, -0.25) is 9.78 Å². The molecule has 0 aromatic carbocycles. The molecule has 1 amide bonds. The van der Waals surface area contributed by atoms with E-state index >= 15 is 0 Å². The maximum Gasteiger partial charge on any atom is 0.223 e. The van der Waals surface area contributed by atoms with Gasteiger partial charge >= 0.3 is 0 Å². The summed E-state index contributed by atoms with van der Waals surface area (Å²) in [6, 6.07) is 0. The Hall–Kier alpha value is -1.58. The first-order valence-electron chi connectivity index (χ1n) is 6.90. The summed E-state index contributed by atoms with van der Waals surface area (Å²) < 4.78 is 5.42. The first-order valence-corrected chi connectivity index (χ1v) is 6.90. The van der Waals surface area contributed by atoms with Crippen molar-refractivity contribution in [1.29, 1.82) is 0 Å². The van der Waals surface area contributed by atoms with Crippen LogP contribution in [0.5, 0.6) is 5.75 Å². The summed E-state index contributed by atoms with van der Waals surface area (Å²) >= 11 is 0. The van der Waals surface area contributed by atoms with Crippen molar-refractivity contribution in [1.82, 2.24) is 10.3 Å². The highest BCUT2D eigenvalue weighted by Gasteiger charge is 2.23. The van der Waals surface area contributed by atoms with E-state index in [9.17, 15) is 4.79 Å². The zero-order chi connectivity index (χ0) is 13.8.